The minimum absolute atomic E-state index is 0.152. The normalized spacial score (nSPS) is 12.1. The number of aliphatic hydroxyl groups excluding tert-OH is 2. The summed E-state index contributed by atoms with van der Waals surface area (Å²) in [4.78, 5) is 0. The van der Waals surface area contributed by atoms with Gasteiger partial charge in [0.1, 0.15) is 0 Å². The predicted octanol–water partition coefficient (Wildman–Crippen LogP) is 4.81. The first-order valence-electron chi connectivity index (χ1n) is 9.14. The van der Waals surface area contributed by atoms with Gasteiger partial charge < -0.3 is 10.2 Å². The maximum Gasteiger partial charge on any atom is 0.0471 e. The molecular formula is C24H20O2. The molecule has 0 aromatic heterocycles. The number of aliphatic hydroxyl groups is 2. The van der Waals surface area contributed by atoms with Crippen molar-refractivity contribution in [2.45, 2.75) is 12.8 Å². The minimum atomic E-state index is 0.152. The van der Waals surface area contributed by atoms with Gasteiger partial charge in [0.05, 0.1) is 0 Å². The molecule has 0 unspecified atom stereocenters. The van der Waals surface area contributed by atoms with Gasteiger partial charge in [-0.15, -0.1) is 0 Å². The second kappa shape index (κ2) is 5.94. The topological polar surface area (TPSA) is 40.5 Å². The summed E-state index contributed by atoms with van der Waals surface area (Å²) in [6.07, 6.45) is 1.33. The lowest BCUT2D eigenvalue weighted by Crippen LogP contribution is -1.96. The molecule has 0 saturated carbocycles. The first kappa shape index (κ1) is 15.6. The van der Waals surface area contributed by atoms with Gasteiger partial charge in [-0.05, 0) is 67.1 Å². The first-order chi connectivity index (χ1) is 12.8. The fourth-order valence-electron chi connectivity index (χ4n) is 4.47. The van der Waals surface area contributed by atoms with Crippen molar-refractivity contribution in [1.29, 1.82) is 0 Å². The molecule has 2 N–H and O–H groups in total. The van der Waals surface area contributed by atoms with Crippen molar-refractivity contribution in [3.63, 3.8) is 0 Å². The lowest BCUT2D eigenvalue weighted by Gasteiger charge is -2.18. The molecule has 128 valence electrons. The van der Waals surface area contributed by atoms with Crippen molar-refractivity contribution < 1.29 is 10.2 Å². The summed E-state index contributed by atoms with van der Waals surface area (Å²) in [5, 5.41) is 29.0. The molecule has 0 heterocycles. The van der Waals surface area contributed by atoms with Gasteiger partial charge in [-0.3, -0.25) is 0 Å². The molecule has 0 aliphatic rings. The Morgan fingerprint density at radius 3 is 2.15 bits per heavy atom. The van der Waals surface area contributed by atoms with E-state index in [4.69, 9.17) is 0 Å². The van der Waals surface area contributed by atoms with Gasteiger partial charge in [0.15, 0.2) is 0 Å². The molecule has 26 heavy (non-hydrogen) atoms. The van der Waals surface area contributed by atoms with Crippen molar-refractivity contribution in [3.05, 3.63) is 71.8 Å². The molecule has 0 spiro atoms. The van der Waals surface area contributed by atoms with Gasteiger partial charge in [-0.2, -0.15) is 0 Å². The highest BCUT2D eigenvalue weighted by Gasteiger charge is 2.15. The van der Waals surface area contributed by atoms with Gasteiger partial charge in [-0.25, -0.2) is 0 Å². The molecule has 5 rings (SSSR count). The summed E-state index contributed by atoms with van der Waals surface area (Å²) in [7, 11) is 0. The average Bonchev–Trinajstić information content (AvgIpc) is 2.66. The lowest BCUT2D eigenvalue weighted by molar-refractivity contribution is 0.299. The summed E-state index contributed by atoms with van der Waals surface area (Å²) in [5.41, 5.74) is 2.36. The second-order valence-corrected chi connectivity index (χ2v) is 7.00. The second-order valence-electron chi connectivity index (χ2n) is 7.00. The van der Waals surface area contributed by atoms with Crippen LogP contribution in [-0.4, -0.2) is 23.4 Å². The fraction of sp³-hybridized carbons (Fsp3) is 0.167. The Morgan fingerprint density at radius 1 is 0.577 bits per heavy atom. The van der Waals surface area contributed by atoms with E-state index in [0.717, 1.165) is 0 Å². The van der Waals surface area contributed by atoms with Crippen LogP contribution in [0.1, 0.15) is 11.1 Å². The average molecular weight is 340 g/mol. The molecule has 0 atom stereocenters. The van der Waals surface area contributed by atoms with Crippen LogP contribution in [0, 0.1) is 0 Å². The molecule has 0 amide bonds. The minimum Gasteiger partial charge on any atom is -0.396 e. The Bertz CT molecular complexity index is 1250. The van der Waals surface area contributed by atoms with Gasteiger partial charge in [-0.1, -0.05) is 60.7 Å². The molecule has 5 aromatic rings. The smallest absolute Gasteiger partial charge is 0.0471 e. The summed E-state index contributed by atoms with van der Waals surface area (Å²) < 4.78 is 0. The summed E-state index contributed by atoms with van der Waals surface area (Å²) in [6, 6.07) is 21.7. The van der Waals surface area contributed by atoms with Crippen LogP contribution in [0.15, 0.2) is 60.7 Å². The number of hydrogen-bond donors (Lipinski definition) is 2. The Kier molecular flexibility index (Phi) is 3.56. The van der Waals surface area contributed by atoms with Crippen LogP contribution in [0.2, 0.25) is 0 Å². The SMILES string of the molecule is OCCc1cc2cccc3c4c(CCO)ccc5cccc(c(c1)c23)c54. The molecule has 0 saturated heterocycles. The van der Waals surface area contributed by atoms with Crippen LogP contribution in [0.5, 0.6) is 0 Å². The molecule has 2 nitrogen and oxygen atoms in total. The highest BCUT2D eigenvalue weighted by Crippen LogP contribution is 2.42. The zero-order valence-corrected chi connectivity index (χ0v) is 14.5. The van der Waals surface area contributed by atoms with Gasteiger partial charge in [0.25, 0.3) is 0 Å². The number of benzene rings is 5. The van der Waals surface area contributed by atoms with E-state index in [-0.39, 0.29) is 13.2 Å². The van der Waals surface area contributed by atoms with Crippen molar-refractivity contribution in [2.75, 3.05) is 13.2 Å². The monoisotopic (exact) mass is 340 g/mol. The van der Waals surface area contributed by atoms with E-state index in [1.807, 2.05) is 0 Å². The third kappa shape index (κ3) is 2.13. The number of rotatable bonds is 4. The number of fused-ring (bicyclic) bond motifs is 2. The highest BCUT2D eigenvalue weighted by molar-refractivity contribution is 6.33. The maximum atomic E-state index is 9.56. The third-order valence-electron chi connectivity index (χ3n) is 5.51. The van der Waals surface area contributed by atoms with Crippen LogP contribution in [0.25, 0.3) is 43.1 Å². The molecule has 0 fully saturated rings. The molecule has 2 heteroatoms. The molecule has 5 aromatic carbocycles. The van der Waals surface area contributed by atoms with E-state index in [1.165, 1.54) is 54.2 Å². The molecule has 0 aliphatic carbocycles. The van der Waals surface area contributed by atoms with Gasteiger partial charge in [0.2, 0.25) is 0 Å². The summed E-state index contributed by atoms with van der Waals surface area (Å²) in [6.45, 7) is 0.311. The van der Waals surface area contributed by atoms with Gasteiger partial charge >= 0.3 is 0 Å². The van der Waals surface area contributed by atoms with E-state index in [0.29, 0.717) is 12.8 Å². The Morgan fingerprint density at radius 2 is 1.35 bits per heavy atom. The number of hydrogen-bond acceptors (Lipinski definition) is 2. The summed E-state index contributed by atoms with van der Waals surface area (Å²) >= 11 is 0. The maximum absolute atomic E-state index is 9.56. The lowest BCUT2D eigenvalue weighted by atomic mass is 9.86. The van der Waals surface area contributed by atoms with E-state index >= 15 is 0 Å². The Labute approximate surface area is 151 Å². The van der Waals surface area contributed by atoms with Crippen molar-refractivity contribution >= 4 is 43.1 Å². The van der Waals surface area contributed by atoms with E-state index < -0.39 is 0 Å². The van der Waals surface area contributed by atoms with E-state index in [9.17, 15) is 10.2 Å². The Hall–Kier alpha value is -2.68. The first-order valence-corrected chi connectivity index (χ1v) is 9.14. The van der Waals surface area contributed by atoms with Crippen LogP contribution in [0.3, 0.4) is 0 Å². The summed E-state index contributed by atoms with van der Waals surface area (Å²) in [5.74, 6) is 0. The molecule has 0 radical (unpaired) electrons. The third-order valence-corrected chi connectivity index (χ3v) is 5.51. The van der Waals surface area contributed by atoms with Gasteiger partial charge in [0, 0.05) is 13.2 Å². The van der Waals surface area contributed by atoms with Crippen molar-refractivity contribution in [1.82, 2.24) is 0 Å². The quantitative estimate of drug-likeness (QED) is 0.364. The molecular weight excluding hydrogens is 320 g/mol. The van der Waals surface area contributed by atoms with Crippen LogP contribution >= 0.6 is 0 Å². The molecule has 0 bridgehead atoms. The Balaban J connectivity index is 2.08. The van der Waals surface area contributed by atoms with Crippen LogP contribution in [-0.2, 0) is 12.8 Å². The zero-order valence-electron chi connectivity index (χ0n) is 14.5. The fourth-order valence-corrected chi connectivity index (χ4v) is 4.47. The zero-order chi connectivity index (χ0) is 17.7. The standard InChI is InChI=1S/C24H20O2/c25-11-9-15-13-18-4-2-6-20-22(18)21(14-15)19-5-1-3-16-7-8-17(10-12-26)24(20)23(16)19/h1-8,13-14,25-26H,9-12H2. The van der Waals surface area contributed by atoms with E-state index in [1.54, 1.807) is 0 Å². The van der Waals surface area contributed by atoms with Crippen molar-refractivity contribution in [3.8, 4) is 0 Å². The van der Waals surface area contributed by atoms with Crippen molar-refractivity contribution in [2.24, 2.45) is 0 Å². The highest BCUT2D eigenvalue weighted by atomic mass is 16.3. The molecule has 0 aliphatic heterocycles. The van der Waals surface area contributed by atoms with E-state index in [2.05, 4.69) is 60.7 Å². The van der Waals surface area contributed by atoms with Crippen LogP contribution < -0.4 is 0 Å². The predicted molar refractivity (Wildman–Crippen MR) is 109 cm³/mol. The van der Waals surface area contributed by atoms with Crippen LogP contribution in [0.4, 0.5) is 0 Å². The largest absolute Gasteiger partial charge is 0.396 e.